The van der Waals surface area contributed by atoms with Crippen LogP contribution in [0.5, 0.6) is 0 Å². The molecular weight excluding hydrogens is 671 g/mol. The van der Waals surface area contributed by atoms with Crippen molar-refractivity contribution >= 4 is 21.7 Å². The lowest BCUT2D eigenvalue weighted by atomic mass is 9.94. The van der Waals surface area contributed by atoms with E-state index in [-0.39, 0.29) is 0 Å². The van der Waals surface area contributed by atoms with Crippen LogP contribution in [0.1, 0.15) is 0 Å². The molecule has 8 aromatic carbocycles. The summed E-state index contributed by atoms with van der Waals surface area (Å²) in [5.41, 5.74) is 11.0. The minimum atomic E-state index is 0.568. The molecule has 0 atom stereocenters. The Morgan fingerprint density at radius 2 is 0.873 bits per heavy atom. The molecule has 55 heavy (non-hydrogen) atoms. The lowest BCUT2D eigenvalue weighted by Gasteiger charge is -2.14. The second-order valence-electron chi connectivity index (χ2n) is 13.5. The SMILES string of the molecule is c1ccc(-c2cccc(-c3nc(-c4ccccc4)nc(-c4ccccc4-n4nc(-c5ccccc5)c5c(-c6ccccc6)cc6ccccc6c54)n3)c2)cc1. The Labute approximate surface area is 318 Å². The molecular formula is C50H33N5. The first-order valence-electron chi connectivity index (χ1n) is 18.4. The predicted octanol–water partition coefficient (Wildman–Crippen LogP) is 12.4. The Kier molecular flexibility index (Phi) is 8.08. The van der Waals surface area contributed by atoms with Crippen LogP contribution < -0.4 is 0 Å². The topological polar surface area (TPSA) is 56.5 Å². The van der Waals surface area contributed by atoms with Crippen molar-refractivity contribution in [2.24, 2.45) is 0 Å². The summed E-state index contributed by atoms with van der Waals surface area (Å²) < 4.78 is 2.10. The monoisotopic (exact) mass is 703 g/mol. The lowest BCUT2D eigenvalue weighted by Crippen LogP contribution is -2.04. The van der Waals surface area contributed by atoms with Gasteiger partial charge in [-0.1, -0.05) is 176 Å². The van der Waals surface area contributed by atoms with Gasteiger partial charge in [0, 0.05) is 33.0 Å². The average Bonchev–Trinajstić information content (AvgIpc) is 3.68. The standard InChI is InChI=1S/C50H33N5/c1-5-18-34(19-6-1)38-27-17-28-40(32-38)49-51-48(37-24-11-4-12-25-37)52-50(53-49)42-30-15-16-31-44(42)55-47-41-29-14-13-26-39(41)33-43(35-20-7-2-8-21-35)45(47)46(54-55)36-22-9-3-10-23-36/h1-33H. The maximum Gasteiger partial charge on any atom is 0.166 e. The molecule has 0 bridgehead atoms. The van der Waals surface area contributed by atoms with Crippen molar-refractivity contribution in [3.05, 3.63) is 200 Å². The molecule has 5 nitrogen and oxygen atoms in total. The summed E-state index contributed by atoms with van der Waals surface area (Å²) in [6.45, 7) is 0. The number of nitrogens with zero attached hydrogens (tertiary/aromatic N) is 5. The molecule has 0 aliphatic heterocycles. The number of hydrogen-bond donors (Lipinski definition) is 0. The van der Waals surface area contributed by atoms with Crippen LogP contribution in [-0.4, -0.2) is 24.7 Å². The molecule has 10 rings (SSSR count). The number of fused-ring (bicyclic) bond motifs is 3. The molecule has 0 aliphatic carbocycles. The fourth-order valence-corrected chi connectivity index (χ4v) is 7.46. The van der Waals surface area contributed by atoms with Gasteiger partial charge in [-0.05, 0) is 51.9 Å². The first-order valence-corrected chi connectivity index (χ1v) is 18.4. The van der Waals surface area contributed by atoms with E-state index in [1.807, 2.05) is 48.5 Å². The van der Waals surface area contributed by atoms with E-state index in [0.717, 1.165) is 77.6 Å². The van der Waals surface area contributed by atoms with Crippen LogP contribution in [0.25, 0.3) is 95.0 Å². The second-order valence-corrected chi connectivity index (χ2v) is 13.5. The summed E-state index contributed by atoms with van der Waals surface area (Å²) in [6.07, 6.45) is 0. The van der Waals surface area contributed by atoms with Crippen LogP contribution in [0.4, 0.5) is 0 Å². The average molecular weight is 704 g/mol. The van der Waals surface area contributed by atoms with Crippen LogP contribution >= 0.6 is 0 Å². The van der Waals surface area contributed by atoms with Crippen molar-refractivity contribution in [3.8, 4) is 73.4 Å². The fourth-order valence-electron chi connectivity index (χ4n) is 7.46. The van der Waals surface area contributed by atoms with Gasteiger partial charge in [0.25, 0.3) is 0 Å². The van der Waals surface area contributed by atoms with Crippen molar-refractivity contribution in [2.75, 3.05) is 0 Å². The van der Waals surface area contributed by atoms with Crippen molar-refractivity contribution in [3.63, 3.8) is 0 Å². The van der Waals surface area contributed by atoms with Crippen molar-refractivity contribution in [2.45, 2.75) is 0 Å². The van der Waals surface area contributed by atoms with Crippen LogP contribution in [-0.2, 0) is 0 Å². The van der Waals surface area contributed by atoms with Gasteiger partial charge in [-0.25, -0.2) is 19.6 Å². The van der Waals surface area contributed by atoms with E-state index in [1.54, 1.807) is 0 Å². The van der Waals surface area contributed by atoms with E-state index >= 15 is 0 Å². The van der Waals surface area contributed by atoms with Crippen LogP contribution in [0, 0.1) is 0 Å². The third kappa shape index (κ3) is 5.94. The predicted molar refractivity (Wildman–Crippen MR) is 225 cm³/mol. The van der Waals surface area contributed by atoms with E-state index < -0.39 is 0 Å². The molecule has 2 aromatic heterocycles. The second kappa shape index (κ2) is 13.8. The molecule has 0 amide bonds. The number of para-hydroxylation sites is 1. The minimum absolute atomic E-state index is 0.568. The summed E-state index contributed by atoms with van der Waals surface area (Å²) in [4.78, 5) is 15.5. The first kappa shape index (κ1) is 32.2. The van der Waals surface area contributed by atoms with Crippen LogP contribution in [0.3, 0.4) is 0 Å². The third-order valence-electron chi connectivity index (χ3n) is 10.1. The molecule has 0 fully saturated rings. The zero-order chi connectivity index (χ0) is 36.6. The van der Waals surface area contributed by atoms with E-state index in [4.69, 9.17) is 20.1 Å². The molecule has 0 aliphatic rings. The Hall–Kier alpha value is -7.50. The van der Waals surface area contributed by atoms with Gasteiger partial charge in [0.1, 0.15) is 5.69 Å². The van der Waals surface area contributed by atoms with E-state index in [2.05, 4.69) is 156 Å². The molecule has 2 heterocycles. The highest BCUT2D eigenvalue weighted by Crippen LogP contribution is 2.42. The molecule has 0 saturated heterocycles. The van der Waals surface area contributed by atoms with Gasteiger partial charge in [-0.2, -0.15) is 5.10 Å². The Bertz CT molecular complexity index is 2960. The first-order chi connectivity index (χ1) is 27.3. The highest BCUT2D eigenvalue weighted by atomic mass is 15.3. The van der Waals surface area contributed by atoms with Crippen molar-refractivity contribution < 1.29 is 0 Å². The summed E-state index contributed by atoms with van der Waals surface area (Å²) in [5.74, 6) is 1.77. The zero-order valence-electron chi connectivity index (χ0n) is 29.8. The smallest absolute Gasteiger partial charge is 0.166 e. The van der Waals surface area contributed by atoms with Gasteiger partial charge in [0.2, 0.25) is 0 Å². The summed E-state index contributed by atoms with van der Waals surface area (Å²) >= 11 is 0. The molecule has 0 spiro atoms. The molecule has 10 aromatic rings. The number of hydrogen-bond acceptors (Lipinski definition) is 4. The quantitative estimate of drug-likeness (QED) is 0.166. The largest absolute Gasteiger partial charge is 0.231 e. The molecule has 0 N–H and O–H groups in total. The number of benzene rings is 8. The lowest BCUT2D eigenvalue weighted by molar-refractivity contribution is 0.915. The van der Waals surface area contributed by atoms with Gasteiger partial charge in [0.15, 0.2) is 17.5 Å². The van der Waals surface area contributed by atoms with Gasteiger partial charge in [0.05, 0.1) is 11.2 Å². The normalized spacial score (nSPS) is 11.3. The molecule has 0 saturated carbocycles. The maximum absolute atomic E-state index is 5.50. The fraction of sp³-hybridized carbons (Fsp3) is 0. The summed E-state index contributed by atoms with van der Waals surface area (Å²) in [7, 11) is 0. The minimum Gasteiger partial charge on any atom is -0.231 e. The van der Waals surface area contributed by atoms with Gasteiger partial charge in [-0.15, -0.1) is 0 Å². The number of aromatic nitrogens is 5. The Balaban J connectivity index is 1.25. The highest BCUT2D eigenvalue weighted by molar-refractivity contribution is 6.17. The number of rotatable bonds is 7. The highest BCUT2D eigenvalue weighted by Gasteiger charge is 2.23. The van der Waals surface area contributed by atoms with Crippen LogP contribution in [0.2, 0.25) is 0 Å². The van der Waals surface area contributed by atoms with Gasteiger partial charge >= 0.3 is 0 Å². The van der Waals surface area contributed by atoms with Gasteiger partial charge in [-0.3, -0.25) is 0 Å². The Morgan fingerprint density at radius 3 is 1.60 bits per heavy atom. The molecule has 0 unspecified atom stereocenters. The van der Waals surface area contributed by atoms with E-state index in [0.29, 0.717) is 17.5 Å². The van der Waals surface area contributed by atoms with Crippen LogP contribution in [0.15, 0.2) is 200 Å². The molecule has 5 heteroatoms. The Morgan fingerprint density at radius 1 is 0.345 bits per heavy atom. The summed E-state index contributed by atoms with van der Waals surface area (Å²) in [5, 5.41) is 8.84. The zero-order valence-corrected chi connectivity index (χ0v) is 29.8. The third-order valence-corrected chi connectivity index (χ3v) is 10.1. The van der Waals surface area contributed by atoms with Gasteiger partial charge < -0.3 is 0 Å². The summed E-state index contributed by atoms with van der Waals surface area (Å²) in [6, 6.07) is 69.1. The van der Waals surface area contributed by atoms with Crippen molar-refractivity contribution in [1.29, 1.82) is 0 Å². The molecule has 258 valence electrons. The maximum atomic E-state index is 5.50. The van der Waals surface area contributed by atoms with E-state index in [9.17, 15) is 0 Å². The van der Waals surface area contributed by atoms with E-state index in [1.165, 1.54) is 0 Å². The van der Waals surface area contributed by atoms with Crippen molar-refractivity contribution in [1.82, 2.24) is 24.7 Å². The molecule has 0 radical (unpaired) electrons.